The van der Waals surface area contributed by atoms with E-state index < -0.39 is 0 Å². The second-order valence-corrected chi connectivity index (χ2v) is 5.86. The molecule has 1 amide bonds. The highest BCUT2D eigenvalue weighted by Gasteiger charge is 2.17. The molecular weight excluding hydrogens is 274 g/mol. The molecule has 0 atom stereocenters. The SMILES string of the molecule is O=C(COC(=O)CSc1ccccc1)NC1CCCC1. The number of amides is 1. The zero-order valence-corrected chi connectivity index (χ0v) is 12.2. The molecule has 0 bridgehead atoms. The van der Waals surface area contributed by atoms with Crippen molar-refractivity contribution >= 4 is 23.6 Å². The minimum atomic E-state index is -0.361. The highest BCUT2D eigenvalue weighted by atomic mass is 32.2. The topological polar surface area (TPSA) is 55.4 Å². The summed E-state index contributed by atoms with van der Waals surface area (Å²) in [6.07, 6.45) is 4.39. The lowest BCUT2D eigenvalue weighted by Crippen LogP contribution is -2.36. The fourth-order valence-electron chi connectivity index (χ4n) is 2.19. The number of esters is 1. The van der Waals surface area contributed by atoms with Gasteiger partial charge >= 0.3 is 5.97 Å². The summed E-state index contributed by atoms with van der Waals surface area (Å²) in [5.74, 6) is -0.337. The molecule has 1 aliphatic carbocycles. The number of rotatable bonds is 6. The first kappa shape index (κ1) is 14.9. The lowest BCUT2D eigenvalue weighted by Gasteiger charge is -2.11. The Hall–Kier alpha value is -1.49. The molecule has 0 unspecified atom stereocenters. The number of thioether (sulfide) groups is 1. The van der Waals surface area contributed by atoms with Crippen LogP contribution in [0.25, 0.3) is 0 Å². The lowest BCUT2D eigenvalue weighted by molar-refractivity contribution is -0.146. The molecule has 1 aliphatic rings. The van der Waals surface area contributed by atoms with E-state index in [2.05, 4.69) is 5.32 Å². The molecule has 0 radical (unpaired) electrons. The molecule has 4 nitrogen and oxygen atoms in total. The van der Waals surface area contributed by atoms with Gasteiger partial charge in [0.25, 0.3) is 5.91 Å². The molecule has 1 saturated carbocycles. The first-order valence-corrected chi connectivity index (χ1v) is 7.85. The molecular formula is C15H19NO3S. The van der Waals surface area contributed by atoms with Gasteiger partial charge in [-0.15, -0.1) is 11.8 Å². The third kappa shape index (κ3) is 5.25. The van der Waals surface area contributed by atoms with E-state index in [-0.39, 0.29) is 30.3 Å². The van der Waals surface area contributed by atoms with Crippen molar-refractivity contribution in [2.24, 2.45) is 0 Å². The third-order valence-electron chi connectivity index (χ3n) is 3.18. The number of carbonyl (C=O) groups excluding carboxylic acids is 2. The minimum absolute atomic E-state index is 0.176. The van der Waals surface area contributed by atoms with Crippen molar-refractivity contribution in [3.8, 4) is 0 Å². The van der Waals surface area contributed by atoms with Crippen molar-refractivity contribution in [3.05, 3.63) is 30.3 Å². The molecule has 5 heteroatoms. The maximum Gasteiger partial charge on any atom is 0.316 e. The summed E-state index contributed by atoms with van der Waals surface area (Å²) >= 11 is 1.41. The van der Waals surface area contributed by atoms with Crippen LogP contribution in [0.1, 0.15) is 25.7 Å². The number of benzene rings is 1. The molecule has 0 aromatic heterocycles. The predicted molar refractivity (Wildman–Crippen MR) is 78.5 cm³/mol. The fourth-order valence-corrected chi connectivity index (χ4v) is 2.90. The number of ether oxygens (including phenoxy) is 1. The number of hydrogen-bond acceptors (Lipinski definition) is 4. The maximum absolute atomic E-state index is 11.6. The summed E-state index contributed by atoms with van der Waals surface area (Å²) in [6.45, 7) is -0.176. The van der Waals surface area contributed by atoms with Crippen LogP contribution in [0, 0.1) is 0 Å². The predicted octanol–water partition coefficient (Wildman–Crippen LogP) is 2.38. The van der Waals surface area contributed by atoms with E-state index >= 15 is 0 Å². The van der Waals surface area contributed by atoms with Crippen LogP contribution in [0.5, 0.6) is 0 Å². The number of nitrogens with one attached hydrogen (secondary N) is 1. The van der Waals surface area contributed by atoms with Gasteiger partial charge in [0.05, 0.1) is 5.75 Å². The van der Waals surface area contributed by atoms with Gasteiger partial charge in [0.15, 0.2) is 6.61 Å². The molecule has 1 N–H and O–H groups in total. The Morgan fingerprint density at radius 3 is 2.60 bits per heavy atom. The standard InChI is InChI=1S/C15H19NO3S/c17-14(16-12-6-4-5-7-12)10-19-15(18)11-20-13-8-2-1-3-9-13/h1-3,8-9,12H,4-7,10-11H2,(H,16,17). The number of hydrogen-bond donors (Lipinski definition) is 1. The average Bonchev–Trinajstić information content (AvgIpc) is 2.97. The monoisotopic (exact) mass is 293 g/mol. The molecule has 0 spiro atoms. The molecule has 2 rings (SSSR count). The summed E-state index contributed by atoms with van der Waals surface area (Å²) in [5, 5.41) is 2.89. The van der Waals surface area contributed by atoms with Crippen LogP contribution in [0.3, 0.4) is 0 Å². The van der Waals surface area contributed by atoms with Crippen molar-refractivity contribution in [1.29, 1.82) is 0 Å². The van der Waals surface area contributed by atoms with Gasteiger partial charge in [0.1, 0.15) is 0 Å². The zero-order valence-electron chi connectivity index (χ0n) is 11.3. The van der Waals surface area contributed by atoms with Gasteiger partial charge in [-0.1, -0.05) is 31.0 Å². The van der Waals surface area contributed by atoms with Crippen LogP contribution in [0.15, 0.2) is 35.2 Å². The molecule has 0 aliphatic heterocycles. The third-order valence-corrected chi connectivity index (χ3v) is 4.17. The van der Waals surface area contributed by atoms with Gasteiger partial charge in [0.2, 0.25) is 0 Å². The van der Waals surface area contributed by atoms with Gasteiger partial charge in [-0.25, -0.2) is 0 Å². The van der Waals surface area contributed by atoms with E-state index in [0.717, 1.165) is 17.7 Å². The Bertz CT molecular complexity index is 444. The summed E-state index contributed by atoms with van der Waals surface area (Å²) < 4.78 is 4.96. The smallest absolute Gasteiger partial charge is 0.316 e. The van der Waals surface area contributed by atoms with Crippen LogP contribution in [0.2, 0.25) is 0 Å². The highest BCUT2D eigenvalue weighted by molar-refractivity contribution is 8.00. The van der Waals surface area contributed by atoms with Crippen LogP contribution >= 0.6 is 11.8 Å². The fraction of sp³-hybridized carbons (Fsp3) is 0.467. The van der Waals surface area contributed by atoms with Gasteiger partial charge in [0, 0.05) is 10.9 Å². The van der Waals surface area contributed by atoms with E-state index in [9.17, 15) is 9.59 Å². The van der Waals surface area contributed by atoms with E-state index in [4.69, 9.17) is 4.74 Å². The van der Waals surface area contributed by atoms with Crippen LogP contribution in [-0.2, 0) is 14.3 Å². The Balaban J connectivity index is 1.61. The average molecular weight is 293 g/mol. The number of carbonyl (C=O) groups is 2. The first-order valence-electron chi connectivity index (χ1n) is 6.87. The van der Waals surface area contributed by atoms with E-state index in [1.807, 2.05) is 30.3 Å². The van der Waals surface area contributed by atoms with Crippen LogP contribution in [0.4, 0.5) is 0 Å². The Labute approximate surface area is 123 Å². The van der Waals surface area contributed by atoms with E-state index in [1.54, 1.807) is 0 Å². The van der Waals surface area contributed by atoms with Crippen LogP contribution in [-0.4, -0.2) is 30.3 Å². The molecule has 0 heterocycles. The largest absolute Gasteiger partial charge is 0.455 e. The van der Waals surface area contributed by atoms with Crippen molar-refractivity contribution in [3.63, 3.8) is 0 Å². The van der Waals surface area contributed by atoms with E-state index in [0.29, 0.717) is 0 Å². The zero-order chi connectivity index (χ0) is 14.2. The van der Waals surface area contributed by atoms with Gasteiger partial charge < -0.3 is 10.1 Å². The quantitative estimate of drug-likeness (QED) is 0.646. The highest BCUT2D eigenvalue weighted by Crippen LogP contribution is 2.18. The van der Waals surface area contributed by atoms with Crippen molar-refractivity contribution < 1.29 is 14.3 Å². The second kappa shape index (κ2) is 7.94. The molecule has 1 aromatic rings. The normalized spacial score (nSPS) is 15.0. The molecule has 1 aromatic carbocycles. The summed E-state index contributed by atoms with van der Waals surface area (Å²) in [6, 6.07) is 9.90. The van der Waals surface area contributed by atoms with Crippen LogP contribution < -0.4 is 5.32 Å². The Morgan fingerprint density at radius 1 is 1.20 bits per heavy atom. The molecule has 20 heavy (non-hydrogen) atoms. The summed E-state index contributed by atoms with van der Waals surface area (Å²) in [5.41, 5.74) is 0. The Kier molecular flexibility index (Phi) is 5.92. The van der Waals surface area contributed by atoms with Gasteiger partial charge in [-0.2, -0.15) is 0 Å². The first-order chi connectivity index (χ1) is 9.74. The summed E-state index contributed by atoms with van der Waals surface area (Å²) in [4.78, 5) is 24.1. The Morgan fingerprint density at radius 2 is 1.90 bits per heavy atom. The molecule has 108 valence electrons. The molecule has 1 fully saturated rings. The molecule has 0 saturated heterocycles. The van der Waals surface area contributed by atoms with Gasteiger partial charge in [-0.3, -0.25) is 9.59 Å². The maximum atomic E-state index is 11.6. The van der Waals surface area contributed by atoms with Crippen molar-refractivity contribution in [1.82, 2.24) is 5.32 Å². The van der Waals surface area contributed by atoms with Gasteiger partial charge in [-0.05, 0) is 25.0 Å². The minimum Gasteiger partial charge on any atom is -0.455 e. The van der Waals surface area contributed by atoms with Crippen molar-refractivity contribution in [2.75, 3.05) is 12.4 Å². The van der Waals surface area contributed by atoms with E-state index in [1.165, 1.54) is 24.6 Å². The summed E-state index contributed by atoms with van der Waals surface area (Å²) in [7, 11) is 0. The second-order valence-electron chi connectivity index (χ2n) is 4.81. The van der Waals surface area contributed by atoms with Crippen molar-refractivity contribution in [2.45, 2.75) is 36.6 Å². The lowest BCUT2D eigenvalue weighted by atomic mass is 10.2.